The average molecular weight is 303 g/mol. The predicted molar refractivity (Wildman–Crippen MR) is 86.4 cm³/mol. The van der Waals surface area contributed by atoms with Crippen LogP contribution in [0.15, 0.2) is 18.2 Å². The highest BCUT2D eigenvalue weighted by Crippen LogP contribution is 2.29. The smallest absolute Gasteiger partial charge is 0.271 e. The van der Waals surface area contributed by atoms with Gasteiger partial charge in [0, 0.05) is 38.3 Å². The first-order valence-electron chi connectivity index (χ1n) is 7.76. The van der Waals surface area contributed by atoms with Gasteiger partial charge in [0.15, 0.2) is 0 Å². The summed E-state index contributed by atoms with van der Waals surface area (Å²) in [6, 6.07) is 4.91. The molecule has 0 N–H and O–H groups in total. The van der Waals surface area contributed by atoms with Gasteiger partial charge in [0.05, 0.1) is 16.0 Å². The van der Waals surface area contributed by atoms with Crippen LogP contribution in [0, 0.1) is 10.1 Å². The molecule has 1 aliphatic heterocycles. The van der Waals surface area contributed by atoms with E-state index < -0.39 is 0 Å². The third-order valence-electron chi connectivity index (χ3n) is 4.38. The molecular formula is C15H21N5O2. The van der Waals surface area contributed by atoms with E-state index in [0.29, 0.717) is 5.52 Å². The molecule has 2 heterocycles. The van der Waals surface area contributed by atoms with Gasteiger partial charge in [-0.3, -0.25) is 10.1 Å². The van der Waals surface area contributed by atoms with Gasteiger partial charge in [-0.05, 0) is 19.2 Å². The van der Waals surface area contributed by atoms with Gasteiger partial charge in [0.25, 0.3) is 5.69 Å². The number of anilines is 1. The second kappa shape index (κ2) is 5.92. The molecule has 0 saturated heterocycles. The first-order chi connectivity index (χ1) is 10.6. The van der Waals surface area contributed by atoms with Crippen molar-refractivity contribution in [3.8, 4) is 0 Å². The molecule has 0 fully saturated rings. The van der Waals surface area contributed by atoms with E-state index in [4.69, 9.17) is 0 Å². The molecule has 1 aliphatic rings. The molecule has 0 amide bonds. The number of likely N-dealkylation sites (N-methyl/N-ethyl adjacent to an activating group) is 1. The predicted octanol–water partition coefficient (Wildman–Crippen LogP) is 2.11. The number of non-ortho nitro benzene ring substituents is 1. The largest absolute Gasteiger partial charge is 0.339 e. The molecular weight excluding hydrogens is 282 g/mol. The normalized spacial score (nSPS) is 14.0. The maximum atomic E-state index is 10.9. The maximum absolute atomic E-state index is 10.9. The number of benzene rings is 1. The molecule has 3 rings (SSSR count). The zero-order chi connectivity index (χ0) is 15.7. The summed E-state index contributed by atoms with van der Waals surface area (Å²) in [6.45, 7) is 10.2. The highest BCUT2D eigenvalue weighted by molar-refractivity contribution is 5.81. The van der Waals surface area contributed by atoms with Gasteiger partial charge in [-0.2, -0.15) is 0 Å². The molecule has 1 aromatic carbocycles. The number of aromatic nitrogens is 2. The van der Waals surface area contributed by atoms with Crippen molar-refractivity contribution >= 4 is 22.7 Å². The summed E-state index contributed by atoms with van der Waals surface area (Å²) in [7, 11) is 0. The second-order valence-electron chi connectivity index (χ2n) is 5.51. The maximum Gasteiger partial charge on any atom is 0.271 e. The fourth-order valence-electron chi connectivity index (χ4n) is 3.02. The Balaban J connectivity index is 1.84. The molecule has 0 unspecified atom stereocenters. The van der Waals surface area contributed by atoms with Crippen LogP contribution in [0.4, 0.5) is 11.6 Å². The summed E-state index contributed by atoms with van der Waals surface area (Å²) in [4.78, 5) is 19.8. The van der Waals surface area contributed by atoms with Gasteiger partial charge in [-0.15, -0.1) is 0 Å². The zero-order valence-corrected chi connectivity index (χ0v) is 13.0. The molecule has 1 aromatic heterocycles. The quantitative estimate of drug-likeness (QED) is 0.604. The van der Waals surface area contributed by atoms with Gasteiger partial charge in [-0.25, -0.2) is 4.98 Å². The standard InChI is InChI=1S/C15H21N5O2/c1-3-17(4-2)7-8-18-9-10-19-14-6-5-12(20(21)22)11-13(14)16-15(18)19/h5-6,11H,3-4,7-10H2,1-2H3. The number of hydrogen-bond donors (Lipinski definition) is 0. The Labute approximate surface area is 129 Å². The molecule has 7 heteroatoms. The van der Waals surface area contributed by atoms with Gasteiger partial charge >= 0.3 is 0 Å². The lowest BCUT2D eigenvalue weighted by Crippen LogP contribution is -2.34. The third-order valence-corrected chi connectivity index (χ3v) is 4.38. The Morgan fingerprint density at radius 2 is 2.09 bits per heavy atom. The summed E-state index contributed by atoms with van der Waals surface area (Å²) in [5.74, 6) is 0.933. The van der Waals surface area contributed by atoms with Crippen LogP contribution in [-0.4, -0.2) is 52.1 Å². The van der Waals surface area contributed by atoms with Crippen LogP contribution in [0.2, 0.25) is 0 Å². The molecule has 22 heavy (non-hydrogen) atoms. The fraction of sp³-hybridized carbons (Fsp3) is 0.533. The first kappa shape index (κ1) is 14.8. The molecule has 7 nitrogen and oxygen atoms in total. The van der Waals surface area contributed by atoms with Crippen LogP contribution in [0.3, 0.4) is 0 Å². The summed E-state index contributed by atoms with van der Waals surface area (Å²) in [5, 5.41) is 10.9. The number of nitrogens with zero attached hydrogens (tertiary/aromatic N) is 5. The van der Waals surface area contributed by atoms with Crippen molar-refractivity contribution in [1.82, 2.24) is 14.5 Å². The Hall–Kier alpha value is -2.15. The minimum atomic E-state index is -0.373. The lowest BCUT2D eigenvalue weighted by atomic mass is 10.3. The molecule has 0 atom stereocenters. The van der Waals surface area contributed by atoms with Crippen LogP contribution in [-0.2, 0) is 6.54 Å². The van der Waals surface area contributed by atoms with Crippen LogP contribution < -0.4 is 4.90 Å². The molecule has 118 valence electrons. The second-order valence-corrected chi connectivity index (χ2v) is 5.51. The van der Waals surface area contributed by atoms with E-state index in [0.717, 1.165) is 50.7 Å². The highest BCUT2D eigenvalue weighted by atomic mass is 16.6. The molecule has 0 radical (unpaired) electrons. The van der Waals surface area contributed by atoms with Crippen molar-refractivity contribution in [3.05, 3.63) is 28.3 Å². The van der Waals surface area contributed by atoms with Crippen molar-refractivity contribution in [2.24, 2.45) is 0 Å². The van der Waals surface area contributed by atoms with Gasteiger partial charge in [-0.1, -0.05) is 13.8 Å². The molecule has 0 bridgehead atoms. The monoisotopic (exact) mass is 303 g/mol. The Bertz CT molecular complexity index is 693. The van der Waals surface area contributed by atoms with Crippen molar-refractivity contribution in [2.45, 2.75) is 20.4 Å². The van der Waals surface area contributed by atoms with E-state index in [9.17, 15) is 10.1 Å². The van der Waals surface area contributed by atoms with Crippen molar-refractivity contribution in [1.29, 1.82) is 0 Å². The average Bonchev–Trinajstić information content (AvgIpc) is 3.07. The number of nitro groups is 1. The van der Waals surface area contributed by atoms with E-state index in [1.807, 2.05) is 0 Å². The van der Waals surface area contributed by atoms with E-state index in [2.05, 4.69) is 33.2 Å². The molecule has 2 aromatic rings. The lowest BCUT2D eigenvalue weighted by molar-refractivity contribution is -0.384. The van der Waals surface area contributed by atoms with E-state index in [1.165, 1.54) is 0 Å². The van der Waals surface area contributed by atoms with Gasteiger partial charge in [0.2, 0.25) is 5.95 Å². The first-order valence-corrected chi connectivity index (χ1v) is 7.76. The topological polar surface area (TPSA) is 67.4 Å². The minimum absolute atomic E-state index is 0.0963. The number of rotatable bonds is 6. The zero-order valence-electron chi connectivity index (χ0n) is 13.0. The SMILES string of the molecule is CCN(CC)CCN1CCn2c1nc1cc([N+](=O)[O-])ccc12. The summed E-state index contributed by atoms with van der Waals surface area (Å²) < 4.78 is 2.15. The minimum Gasteiger partial charge on any atom is -0.339 e. The lowest BCUT2D eigenvalue weighted by Gasteiger charge is -2.22. The number of hydrogen-bond acceptors (Lipinski definition) is 5. The van der Waals surface area contributed by atoms with E-state index in [1.54, 1.807) is 18.2 Å². The summed E-state index contributed by atoms with van der Waals surface area (Å²) >= 11 is 0. The van der Waals surface area contributed by atoms with Gasteiger partial charge < -0.3 is 14.4 Å². The Morgan fingerprint density at radius 1 is 1.32 bits per heavy atom. The number of nitro benzene ring substituents is 1. The highest BCUT2D eigenvalue weighted by Gasteiger charge is 2.24. The van der Waals surface area contributed by atoms with E-state index >= 15 is 0 Å². The number of fused-ring (bicyclic) bond motifs is 3. The van der Waals surface area contributed by atoms with Crippen LogP contribution >= 0.6 is 0 Å². The summed E-state index contributed by atoms with van der Waals surface area (Å²) in [5.41, 5.74) is 1.78. The van der Waals surface area contributed by atoms with Crippen molar-refractivity contribution < 1.29 is 4.92 Å². The van der Waals surface area contributed by atoms with Crippen LogP contribution in [0.1, 0.15) is 13.8 Å². The van der Waals surface area contributed by atoms with Crippen LogP contribution in [0.25, 0.3) is 11.0 Å². The third kappa shape index (κ3) is 2.52. The molecule has 0 aliphatic carbocycles. The van der Waals surface area contributed by atoms with Crippen LogP contribution in [0.5, 0.6) is 0 Å². The fourth-order valence-corrected chi connectivity index (χ4v) is 3.02. The summed E-state index contributed by atoms with van der Waals surface area (Å²) in [6.07, 6.45) is 0. The number of imidazole rings is 1. The van der Waals surface area contributed by atoms with Gasteiger partial charge in [0.1, 0.15) is 0 Å². The Kier molecular flexibility index (Phi) is 3.98. The molecule has 0 spiro atoms. The Morgan fingerprint density at radius 3 is 2.77 bits per heavy atom. The van der Waals surface area contributed by atoms with Crippen molar-refractivity contribution in [3.63, 3.8) is 0 Å². The van der Waals surface area contributed by atoms with E-state index in [-0.39, 0.29) is 10.6 Å². The van der Waals surface area contributed by atoms with Crippen molar-refractivity contribution in [2.75, 3.05) is 37.6 Å². The molecule has 0 saturated carbocycles.